The second kappa shape index (κ2) is 12.2. The maximum Gasteiger partial charge on any atom is 0.244 e. The van der Waals surface area contributed by atoms with E-state index in [4.69, 9.17) is 4.74 Å². The van der Waals surface area contributed by atoms with Crippen molar-refractivity contribution in [1.82, 2.24) is 10.2 Å². The summed E-state index contributed by atoms with van der Waals surface area (Å²) in [4.78, 5) is 28.1. The van der Waals surface area contributed by atoms with Gasteiger partial charge in [0.15, 0.2) is 0 Å². The first-order valence-corrected chi connectivity index (χ1v) is 13.9. The summed E-state index contributed by atoms with van der Waals surface area (Å²) in [6.45, 7) is 1.22. The lowest BCUT2D eigenvalue weighted by molar-refractivity contribution is -0.139. The highest BCUT2D eigenvalue weighted by molar-refractivity contribution is 7.92. The Morgan fingerprint density at radius 2 is 1.67 bits per heavy atom. The number of rotatable bonds is 10. The lowest BCUT2D eigenvalue weighted by Gasteiger charge is -2.33. The molecule has 1 aliphatic rings. The average molecular weight is 520 g/mol. The van der Waals surface area contributed by atoms with Crippen LogP contribution in [-0.4, -0.2) is 57.1 Å². The molecule has 0 radical (unpaired) electrons. The van der Waals surface area contributed by atoms with E-state index in [2.05, 4.69) is 5.32 Å². The zero-order valence-corrected chi connectivity index (χ0v) is 21.8. The van der Waals surface area contributed by atoms with Crippen molar-refractivity contribution in [2.45, 2.75) is 57.7 Å². The van der Waals surface area contributed by atoms with E-state index in [1.54, 1.807) is 38.3 Å². The number of ether oxygens (including phenoxy) is 1. The fraction of sp³-hybridized carbons (Fsp3) is 0.462. The number of carbonyl (C=O) groups excluding carboxylic acids is 2. The van der Waals surface area contributed by atoms with Crippen molar-refractivity contribution in [2.24, 2.45) is 0 Å². The maximum atomic E-state index is 13.5. The van der Waals surface area contributed by atoms with Gasteiger partial charge in [0, 0.05) is 12.6 Å². The first-order valence-electron chi connectivity index (χ1n) is 12.0. The van der Waals surface area contributed by atoms with Crippen LogP contribution in [0.4, 0.5) is 10.1 Å². The first kappa shape index (κ1) is 27.4. The summed E-state index contributed by atoms with van der Waals surface area (Å²) in [5, 5.41) is 3.05. The summed E-state index contributed by atoms with van der Waals surface area (Å²) in [5.41, 5.74) is 0.921. The lowest BCUT2D eigenvalue weighted by Crippen LogP contribution is -2.52. The van der Waals surface area contributed by atoms with Crippen LogP contribution in [0.2, 0.25) is 0 Å². The number of anilines is 1. The van der Waals surface area contributed by atoms with Gasteiger partial charge in [-0.1, -0.05) is 31.4 Å². The van der Waals surface area contributed by atoms with E-state index in [1.807, 2.05) is 0 Å². The van der Waals surface area contributed by atoms with Gasteiger partial charge in [-0.3, -0.25) is 13.9 Å². The van der Waals surface area contributed by atoms with Gasteiger partial charge in [0.05, 0.1) is 19.1 Å². The Bertz CT molecular complexity index is 1130. The number of nitrogens with zero attached hydrogens (tertiary/aromatic N) is 2. The van der Waals surface area contributed by atoms with Gasteiger partial charge in [0.25, 0.3) is 0 Å². The van der Waals surface area contributed by atoms with E-state index in [0.29, 0.717) is 5.75 Å². The van der Waals surface area contributed by atoms with Gasteiger partial charge >= 0.3 is 0 Å². The van der Waals surface area contributed by atoms with Gasteiger partial charge in [-0.2, -0.15) is 0 Å². The number of benzene rings is 2. The summed E-state index contributed by atoms with van der Waals surface area (Å²) >= 11 is 0. The molecule has 0 saturated heterocycles. The van der Waals surface area contributed by atoms with Crippen LogP contribution in [0.1, 0.15) is 44.6 Å². The van der Waals surface area contributed by atoms with Crippen LogP contribution < -0.4 is 14.4 Å². The number of methoxy groups -OCH3 is 1. The molecule has 2 aromatic carbocycles. The van der Waals surface area contributed by atoms with Crippen LogP contribution in [-0.2, 0) is 26.2 Å². The van der Waals surface area contributed by atoms with Crippen molar-refractivity contribution in [1.29, 1.82) is 0 Å². The highest BCUT2D eigenvalue weighted by Gasteiger charge is 2.31. The molecular weight excluding hydrogens is 485 g/mol. The summed E-state index contributed by atoms with van der Waals surface area (Å²) in [6.07, 6.45) is 6.03. The van der Waals surface area contributed by atoms with Crippen molar-refractivity contribution in [3.05, 3.63) is 59.9 Å². The van der Waals surface area contributed by atoms with Crippen LogP contribution in [0, 0.1) is 5.82 Å². The molecule has 0 heterocycles. The largest absolute Gasteiger partial charge is 0.497 e. The van der Waals surface area contributed by atoms with Crippen molar-refractivity contribution in [3.63, 3.8) is 0 Å². The third kappa shape index (κ3) is 7.43. The van der Waals surface area contributed by atoms with Gasteiger partial charge < -0.3 is 15.0 Å². The Morgan fingerprint density at radius 3 is 2.22 bits per heavy atom. The number of carbonyl (C=O) groups is 2. The quantitative estimate of drug-likeness (QED) is 0.519. The van der Waals surface area contributed by atoms with E-state index in [1.165, 1.54) is 17.0 Å². The van der Waals surface area contributed by atoms with Crippen molar-refractivity contribution < 1.29 is 27.1 Å². The maximum absolute atomic E-state index is 13.5. The van der Waals surface area contributed by atoms with Crippen LogP contribution in [0.25, 0.3) is 0 Å². The van der Waals surface area contributed by atoms with Crippen LogP contribution in [0.15, 0.2) is 48.5 Å². The predicted molar refractivity (Wildman–Crippen MR) is 137 cm³/mol. The number of nitrogens with one attached hydrogen (secondary N) is 1. The van der Waals surface area contributed by atoms with Crippen LogP contribution in [0.3, 0.4) is 0 Å². The van der Waals surface area contributed by atoms with Gasteiger partial charge in [0.2, 0.25) is 21.8 Å². The third-order valence-corrected chi connectivity index (χ3v) is 7.57. The molecule has 196 valence electrons. The summed E-state index contributed by atoms with van der Waals surface area (Å²) in [7, 11) is -2.31. The molecule has 2 amide bonds. The second-order valence-electron chi connectivity index (χ2n) is 9.14. The van der Waals surface area contributed by atoms with Crippen LogP contribution >= 0.6 is 0 Å². The predicted octanol–water partition coefficient (Wildman–Crippen LogP) is 3.47. The molecule has 0 unspecified atom stereocenters. The molecular formula is C26H34FN3O5S. The van der Waals surface area contributed by atoms with Crippen LogP contribution in [0.5, 0.6) is 5.75 Å². The molecule has 1 saturated carbocycles. The van der Waals surface area contributed by atoms with Gasteiger partial charge in [-0.05, 0) is 61.7 Å². The highest BCUT2D eigenvalue weighted by atomic mass is 32.2. The fourth-order valence-corrected chi connectivity index (χ4v) is 5.15. The minimum atomic E-state index is -3.86. The zero-order valence-electron chi connectivity index (χ0n) is 20.9. The van der Waals surface area contributed by atoms with Crippen molar-refractivity contribution in [2.75, 3.05) is 24.2 Å². The number of amides is 2. The molecule has 1 fully saturated rings. The standard InChI is InChI=1S/C26H34FN3O5S/c1-19(26(32)28-22-7-5-4-6-8-22)29(17-20-9-15-24(35-2)16-10-20)25(31)18-30(36(3,33)34)23-13-11-21(27)12-14-23/h9-16,19,22H,4-8,17-18H2,1-3H3,(H,28,32)/t19-/m1/s1. The van der Waals surface area contributed by atoms with Gasteiger partial charge in [-0.15, -0.1) is 0 Å². The number of hydrogen-bond donors (Lipinski definition) is 1. The smallest absolute Gasteiger partial charge is 0.244 e. The molecule has 3 rings (SSSR count). The fourth-order valence-electron chi connectivity index (χ4n) is 4.30. The molecule has 0 spiro atoms. The van der Waals surface area contributed by atoms with E-state index in [0.717, 1.165) is 60.4 Å². The number of halogens is 1. The molecule has 0 aromatic heterocycles. The molecule has 2 aromatic rings. The monoisotopic (exact) mass is 519 g/mol. The summed E-state index contributed by atoms with van der Waals surface area (Å²) < 4.78 is 44.6. The molecule has 1 N–H and O–H groups in total. The summed E-state index contributed by atoms with van der Waals surface area (Å²) in [5.74, 6) is -0.699. The van der Waals surface area contributed by atoms with Gasteiger partial charge in [-0.25, -0.2) is 12.8 Å². The molecule has 0 aliphatic heterocycles. The Labute approximate surface area is 212 Å². The van der Waals surface area contributed by atoms with E-state index in [9.17, 15) is 22.4 Å². The minimum absolute atomic E-state index is 0.0679. The van der Waals surface area contributed by atoms with Crippen molar-refractivity contribution >= 4 is 27.5 Å². The molecule has 36 heavy (non-hydrogen) atoms. The molecule has 10 heteroatoms. The Hall–Kier alpha value is -3.14. The Kier molecular flexibility index (Phi) is 9.31. The normalized spacial score (nSPS) is 15.1. The Morgan fingerprint density at radius 1 is 1.06 bits per heavy atom. The molecule has 0 bridgehead atoms. The van der Waals surface area contributed by atoms with E-state index in [-0.39, 0.29) is 24.2 Å². The SMILES string of the molecule is COc1ccc(CN(C(=O)CN(c2ccc(F)cc2)S(C)(=O)=O)[C@H](C)C(=O)NC2CCCCC2)cc1. The topological polar surface area (TPSA) is 96.0 Å². The van der Waals surface area contributed by atoms with Gasteiger partial charge in [0.1, 0.15) is 24.2 Å². The zero-order chi connectivity index (χ0) is 26.3. The summed E-state index contributed by atoms with van der Waals surface area (Å²) in [6, 6.07) is 11.2. The van der Waals surface area contributed by atoms with E-state index >= 15 is 0 Å². The molecule has 8 nitrogen and oxygen atoms in total. The lowest BCUT2D eigenvalue weighted by atomic mass is 9.95. The second-order valence-corrected chi connectivity index (χ2v) is 11.0. The number of hydrogen-bond acceptors (Lipinski definition) is 5. The highest BCUT2D eigenvalue weighted by Crippen LogP contribution is 2.21. The average Bonchev–Trinajstić information content (AvgIpc) is 2.86. The van der Waals surface area contributed by atoms with E-state index < -0.39 is 34.3 Å². The Balaban J connectivity index is 1.85. The third-order valence-electron chi connectivity index (χ3n) is 6.42. The van der Waals surface area contributed by atoms with Crippen molar-refractivity contribution in [3.8, 4) is 5.75 Å². The molecule has 1 atom stereocenters. The molecule has 1 aliphatic carbocycles. The first-order chi connectivity index (χ1) is 17.1. The number of sulfonamides is 1. The minimum Gasteiger partial charge on any atom is -0.497 e.